The van der Waals surface area contributed by atoms with Crippen LogP contribution in [0.3, 0.4) is 0 Å². The van der Waals surface area contributed by atoms with E-state index in [0.717, 1.165) is 20.4 Å². The molecular formula is C19H17IN4O2. The average Bonchev–Trinajstić information content (AvgIpc) is 2.61. The van der Waals surface area contributed by atoms with Gasteiger partial charge in [-0.1, -0.05) is 0 Å². The van der Waals surface area contributed by atoms with Gasteiger partial charge < -0.3 is 10.3 Å². The number of carbonyl (C=O) groups is 1. The largest absolute Gasteiger partial charge is 0.326 e. The number of benzene rings is 1. The normalized spacial score (nSPS) is 10.6. The van der Waals surface area contributed by atoms with Gasteiger partial charge in [-0.15, -0.1) is 0 Å². The summed E-state index contributed by atoms with van der Waals surface area (Å²) in [5.41, 5.74) is 3.01. The number of nitrogens with zero attached hydrogens (tertiary/aromatic N) is 2. The number of rotatable bonds is 4. The molecule has 2 aromatic heterocycles. The highest BCUT2D eigenvalue weighted by molar-refractivity contribution is 14.1. The van der Waals surface area contributed by atoms with Crippen molar-refractivity contribution in [3.8, 4) is 11.4 Å². The Morgan fingerprint density at radius 2 is 2.08 bits per heavy atom. The number of aromatic nitrogens is 3. The number of nitrogens with one attached hydrogen (secondary N) is 2. The lowest BCUT2D eigenvalue weighted by atomic mass is 10.1. The number of carbonyl (C=O) groups excluding carboxylic acids is 1. The lowest BCUT2D eigenvalue weighted by molar-refractivity contribution is -0.115. The Morgan fingerprint density at radius 3 is 2.73 bits per heavy atom. The third kappa shape index (κ3) is 4.16. The van der Waals surface area contributed by atoms with Crippen LogP contribution in [0.1, 0.15) is 16.8 Å². The van der Waals surface area contributed by atoms with E-state index in [4.69, 9.17) is 0 Å². The quantitative estimate of drug-likeness (QED) is 0.586. The Labute approximate surface area is 164 Å². The molecule has 0 radical (unpaired) electrons. The van der Waals surface area contributed by atoms with Crippen molar-refractivity contribution >= 4 is 34.2 Å². The highest BCUT2D eigenvalue weighted by Gasteiger charge is 2.14. The molecule has 7 heteroatoms. The van der Waals surface area contributed by atoms with Gasteiger partial charge in [0.2, 0.25) is 5.91 Å². The van der Waals surface area contributed by atoms with E-state index in [9.17, 15) is 9.59 Å². The first-order chi connectivity index (χ1) is 12.4. The minimum Gasteiger partial charge on any atom is -0.326 e. The zero-order chi connectivity index (χ0) is 18.7. The first-order valence-electron chi connectivity index (χ1n) is 8.00. The molecular weight excluding hydrogens is 443 g/mol. The van der Waals surface area contributed by atoms with Crippen molar-refractivity contribution in [1.29, 1.82) is 0 Å². The Kier molecular flexibility index (Phi) is 5.46. The van der Waals surface area contributed by atoms with Crippen LogP contribution < -0.4 is 10.9 Å². The molecule has 0 saturated heterocycles. The number of aryl methyl sites for hydroxylation is 2. The number of anilines is 1. The van der Waals surface area contributed by atoms with Gasteiger partial charge in [-0.2, -0.15) is 0 Å². The van der Waals surface area contributed by atoms with Crippen LogP contribution in [-0.2, 0) is 11.2 Å². The van der Waals surface area contributed by atoms with Crippen molar-refractivity contribution in [3.05, 3.63) is 73.5 Å². The summed E-state index contributed by atoms with van der Waals surface area (Å²) in [6.45, 7) is 3.66. The average molecular weight is 460 g/mol. The Hall–Kier alpha value is -2.55. The smallest absolute Gasteiger partial charge is 0.255 e. The fourth-order valence-corrected chi connectivity index (χ4v) is 3.23. The van der Waals surface area contributed by atoms with Crippen molar-refractivity contribution in [2.75, 3.05) is 5.32 Å². The zero-order valence-corrected chi connectivity index (χ0v) is 16.5. The fourth-order valence-electron chi connectivity index (χ4n) is 2.58. The maximum atomic E-state index is 12.4. The summed E-state index contributed by atoms with van der Waals surface area (Å²) in [5.74, 6) is 0.192. The number of aromatic amines is 1. The molecule has 3 rings (SSSR count). The Balaban J connectivity index is 1.81. The van der Waals surface area contributed by atoms with Crippen molar-refractivity contribution in [3.63, 3.8) is 0 Å². The highest BCUT2D eigenvalue weighted by atomic mass is 127. The summed E-state index contributed by atoms with van der Waals surface area (Å²) in [6.07, 6.45) is 3.25. The molecule has 0 aliphatic rings. The molecule has 26 heavy (non-hydrogen) atoms. The summed E-state index contributed by atoms with van der Waals surface area (Å²) in [7, 11) is 0. The van der Waals surface area contributed by atoms with Crippen LogP contribution in [0, 0.1) is 17.4 Å². The molecule has 1 aromatic carbocycles. The first kappa shape index (κ1) is 18.2. The number of amides is 1. The highest BCUT2D eigenvalue weighted by Crippen LogP contribution is 2.18. The molecule has 0 aliphatic carbocycles. The monoisotopic (exact) mass is 460 g/mol. The predicted octanol–water partition coefficient (Wildman–Crippen LogP) is 3.23. The minimum atomic E-state index is -0.314. The second kappa shape index (κ2) is 7.77. The summed E-state index contributed by atoms with van der Waals surface area (Å²) in [5, 5.41) is 2.85. The van der Waals surface area contributed by atoms with Crippen molar-refractivity contribution < 1.29 is 4.79 Å². The number of hydrogen-bond acceptors (Lipinski definition) is 4. The van der Waals surface area contributed by atoms with E-state index in [1.165, 1.54) is 0 Å². The number of H-pyrrole nitrogens is 1. The van der Waals surface area contributed by atoms with Crippen LogP contribution in [0.5, 0.6) is 0 Å². The van der Waals surface area contributed by atoms with Crippen LogP contribution in [-0.4, -0.2) is 20.9 Å². The van der Waals surface area contributed by atoms with E-state index < -0.39 is 0 Å². The van der Waals surface area contributed by atoms with E-state index >= 15 is 0 Å². The van der Waals surface area contributed by atoms with Gasteiger partial charge in [0.15, 0.2) is 0 Å². The van der Waals surface area contributed by atoms with Crippen molar-refractivity contribution in [2.24, 2.45) is 0 Å². The summed E-state index contributed by atoms with van der Waals surface area (Å²) in [6, 6.07) is 9.35. The molecule has 6 nitrogen and oxygen atoms in total. The van der Waals surface area contributed by atoms with Crippen molar-refractivity contribution in [1.82, 2.24) is 15.0 Å². The molecule has 0 saturated carbocycles. The SMILES string of the molecule is Cc1cc(I)ccc1NC(=O)Cc1c(C)nc(-c2cccnc2)[nH]c1=O. The van der Waals surface area contributed by atoms with Crippen molar-refractivity contribution in [2.45, 2.75) is 20.3 Å². The molecule has 132 valence electrons. The van der Waals surface area contributed by atoms with Crippen LogP contribution in [0.25, 0.3) is 11.4 Å². The summed E-state index contributed by atoms with van der Waals surface area (Å²) in [4.78, 5) is 36.0. The van der Waals surface area contributed by atoms with Gasteiger partial charge in [-0.25, -0.2) is 4.98 Å². The van der Waals surface area contributed by atoms with E-state index in [1.54, 1.807) is 25.4 Å². The zero-order valence-electron chi connectivity index (χ0n) is 14.3. The van der Waals surface area contributed by atoms with Gasteiger partial charge in [0.25, 0.3) is 5.56 Å². The molecule has 0 bridgehead atoms. The molecule has 0 unspecified atom stereocenters. The Bertz CT molecular complexity index is 1020. The third-order valence-corrected chi connectivity index (χ3v) is 4.63. The van der Waals surface area contributed by atoms with E-state index in [-0.39, 0.29) is 17.9 Å². The lowest BCUT2D eigenvalue weighted by Crippen LogP contribution is -2.24. The lowest BCUT2D eigenvalue weighted by Gasteiger charge is -2.10. The van der Waals surface area contributed by atoms with Gasteiger partial charge in [0.05, 0.1) is 6.42 Å². The maximum Gasteiger partial charge on any atom is 0.255 e. The van der Waals surface area contributed by atoms with E-state index in [2.05, 4.69) is 42.9 Å². The van der Waals surface area contributed by atoms with Crippen LogP contribution in [0.4, 0.5) is 5.69 Å². The van der Waals surface area contributed by atoms with Gasteiger partial charge in [-0.05, 0) is 72.3 Å². The minimum absolute atomic E-state index is 0.0348. The molecule has 0 atom stereocenters. The molecule has 2 heterocycles. The van der Waals surface area contributed by atoms with Crippen LogP contribution in [0.15, 0.2) is 47.5 Å². The van der Waals surface area contributed by atoms with Gasteiger partial charge >= 0.3 is 0 Å². The molecule has 1 amide bonds. The van der Waals surface area contributed by atoms with E-state index in [0.29, 0.717) is 17.1 Å². The topological polar surface area (TPSA) is 87.7 Å². The number of hydrogen-bond donors (Lipinski definition) is 2. The Morgan fingerprint density at radius 1 is 1.27 bits per heavy atom. The third-order valence-electron chi connectivity index (χ3n) is 3.96. The van der Waals surface area contributed by atoms with Crippen LogP contribution >= 0.6 is 22.6 Å². The van der Waals surface area contributed by atoms with Gasteiger partial charge in [0.1, 0.15) is 5.82 Å². The summed E-state index contributed by atoms with van der Waals surface area (Å²) >= 11 is 2.22. The second-order valence-corrected chi connectivity index (χ2v) is 7.15. The van der Waals surface area contributed by atoms with Crippen LogP contribution in [0.2, 0.25) is 0 Å². The fraction of sp³-hybridized carbons (Fsp3) is 0.158. The molecule has 0 fully saturated rings. The maximum absolute atomic E-state index is 12.4. The predicted molar refractivity (Wildman–Crippen MR) is 109 cm³/mol. The molecule has 0 aliphatic heterocycles. The number of pyridine rings is 1. The summed E-state index contributed by atoms with van der Waals surface area (Å²) < 4.78 is 1.10. The second-order valence-electron chi connectivity index (χ2n) is 5.90. The molecule has 0 spiro atoms. The molecule has 2 N–H and O–H groups in total. The van der Waals surface area contributed by atoms with E-state index in [1.807, 2.05) is 31.2 Å². The first-order valence-corrected chi connectivity index (χ1v) is 9.08. The standard InChI is InChI=1S/C19H17IN4O2/c1-11-8-14(20)5-6-16(11)23-17(25)9-15-12(2)22-18(24-19(15)26)13-4-3-7-21-10-13/h3-8,10H,9H2,1-2H3,(H,23,25)(H,22,24,26). The van der Waals surface area contributed by atoms with Gasteiger partial charge in [0, 0.05) is 38.5 Å². The van der Waals surface area contributed by atoms with Gasteiger partial charge in [-0.3, -0.25) is 14.6 Å². The number of halogens is 1. The molecule has 3 aromatic rings.